The molecule has 170 valence electrons. The number of fused-ring (bicyclic) bond motifs is 1. The number of imidazole rings is 1. The highest BCUT2D eigenvalue weighted by molar-refractivity contribution is 7.89. The smallest absolute Gasteiger partial charge is 0.488 e. The summed E-state index contributed by atoms with van der Waals surface area (Å²) >= 11 is -1.75. The Hall–Kier alpha value is -3.43. The largest absolute Gasteiger partial charge is 0.593 e. The molecule has 0 aliphatic rings. The van der Waals surface area contributed by atoms with Gasteiger partial charge in [0.2, 0.25) is 16.8 Å². The molecular formula is C19H20BN7O5S. The van der Waals surface area contributed by atoms with E-state index in [0.29, 0.717) is 27.9 Å². The number of nitrogens with two attached hydrogens (primary N) is 1. The molecule has 12 nitrogen and oxygen atoms in total. The Balaban J connectivity index is 1.74. The molecule has 2 aromatic carbocycles. The Morgan fingerprint density at radius 2 is 1.88 bits per heavy atom. The van der Waals surface area contributed by atoms with E-state index < -0.39 is 18.5 Å². The summed E-state index contributed by atoms with van der Waals surface area (Å²) in [4.78, 5) is 17.7. The number of hydrogen-bond acceptors (Lipinski definition) is 11. The minimum atomic E-state index is -1.75. The average Bonchev–Trinajstić information content (AvgIpc) is 3.21. The molecule has 0 spiro atoms. The van der Waals surface area contributed by atoms with Gasteiger partial charge in [-0.25, -0.2) is 4.57 Å². The Labute approximate surface area is 191 Å². The van der Waals surface area contributed by atoms with E-state index in [2.05, 4.69) is 25.3 Å². The van der Waals surface area contributed by atoms with Crippen LogP contribution in [0, 0.1) is 0 Å². The fourth-order valence-corrected chi connectivity index (χ4v) is 3.76. The molecule has 2 heterocycles. The number of rotatable bonds is 8. The van der Waals surface area contributed by atoms with Gasteiger partial charge < -0.3 is 29.4 Å². The summed E-state index contributed by atoms with van der Waals surface area (Å²) in [6.07, 6.45) is 0. The van der Waals surface area contributed by atoms with Gasteiger partial charge in [0.1, 0.15) is 5.52 Å². The van der Waals surface area contributed by atoms with Crippen LogP contribution in [0.25, 0.3) is 17.0 Å². The molecule has 5 N–H and O–H groups in total. The van der Waals surface area contributed by atoms with Gasteiger partial charge in [-0.1, -0.05) is 30.3 Å². The number of anilines is 1. The Bertz CT molecular complexity index is 1290. The van der Waals surface area contributed by atoms with Crippen LogP contribution in [0.2, 0.25) is 0 Å². The molecule has 0 saturated heterocycles. The van der Waals surface area contributed by atoms with Crippen molar-refractivity contribution in [1.29, 1.82) is 0 Å². The molecular weight excluding hydrogens is 449 g/mol. The van der Waals surface area contributed by atoms with E-state index in [1.165, 1.54) is 18.8 Å². The SMILES string of the molecule is COc1nc(NCc2cccc(B(O)O)c2)nc(-n2c(OC)nc3c([S+](N)[O-])cccc32)n1. The molecule has 4 aromatic rings. The van der Waals surface area contributed by atoms with E-state index in [1.807, 2.05) is 6.07 Å². The van der Waals surface area contributed by atoms with Crippen molar-refractivity contribution in [3.8, 4) is 18.0 Å². The van der Waals surface area contributed by atoms with Crippen molar-refractivity contribution in [3.63, 3.8) is 0 Å². The number of methoxy groups -OCH3 is 2. The molecule has 1 atom stereocenters. The van der Waals surface area contributed by atoms with Crippen LogP contribution in [0.5, 0.6) is 12.0 Å². The number of ether oxygens (including phenoxy) is 2. The third-order valence-corrected chi connectivity index (χ3v) is 5.47. The zero-order chi connectivity index (χ0) is 23.5. The van der Waals surface area contributed by atoms with Gasteiger partial charge in [-0.3, -0.25) is 0 Å². The van der Waals surface area contributed by atoms with Gasteiger partial charge in [0.25, 0.3) is 0 Å². The van der Waals surface area contributed by atoms with E-state index in [-0.39, 0.29) is 23.9 Å². The van der Waals surface area contributed by atoms with E-state index >= 15 is 0 Å². The second kappa shape index (κ2) is 9.60. The van der Waals surface area contributed by atoms with Crippen molar-refractivity contribution >= 4 is 40.9 Å². The molecule has 4 rings (SSSR count). The van der Waals surface area contributed by atoms with Crippen LogP contribution >= 0.6 is 0 Å². The van der Waals surface area contributed by atoms with E-state index in [4.69, 9.17) is 14.6 Å². The molecule has 0 fully saturated rings. The van der Waals surface area contributed by atoms with Crippen molar-refractivity contribution in [2.24, 2.45) is 5.14 Å². The highest BCUT2D eigenvalue weighted by Crippen LogP contribution is 2.29. The second-order valence-electron chi connectivity index (χ2n) is 6.77. The maximum Gasteiger partial charge on any atom is 0.488 e. The Morgan fingerprint density at radius 3 is 2.58 bits per heavy atom. The van der Waals surface area contributed by atoms with Crippen molar-refractivity contribution < 1.29 is 24.1 Å². The fraction of sp³-hybridized carbons (Fsp3) is 0.158. The average molecular weight is 469 g/mol. The van der Waals surface area contributed by atoms with Gasteiger partial charge in [0.05, 0.1) is 31.1 Å². The van der Waals surface area contributed by atoms with Crippen LogP contribution < -0.4 is 25.4 Å². The molecule has 0 bridgehead atoms. The van der Waals surface area contributed by atoms with Gasteiger partial charge in [-0.15, -0.1) is 5.14 Å². The number of aromatic nitrogens is 5. The highest BCUT2D eigenvalue weighted by atomic mass is 32.2. The van der Waals surface area contributed by atoms with Crippen LogP contribution in [0.1, 0.15) is 5.56 Å². The number of nitrogens with one attached hydrogen (secondary N) is 1. The first-order valence-corrected chi connectivity index (χ1v) is 10.8. The predicted molar refractivity (Wildman–Crippen MR) is 122 cm³/mol. The van der Waals surface area contributed by atoms with Gasteiger partial charge in [-0.05, 0) is 23.2 Å². The van der Waals surface area contributed by atoms with E-state index in [0.717, 1.165) is 5.56 Å². The number of nitrogens with zero attached hydrogens (tertiary/aromatic N) is 5. The first-order valence-electron chi connectivity index (χ1n) is 9.62. The summed E-state index contributed by atoms with van der Waals surface area (Å²) in [6, 6.07) is 12.1. The molecule has 1 unspecified atom stereocenters. The number of hydrogen-bond donors (Lipinski definition) is 4. The number of benzene rings is 2. The summed E-state index contributed by atoms with van der Waals surface area (Å²) < 4.78 is 24.1. The van der Waals surface area contributed by atoms with Gasteiger partial charge in [-0.2, -0.15) is 19.9 Å². The zero-order valence-corrected chi connectivity index (χ0v) is 18.5. The first-order chi connectivity index (χ1) is 15.9. The third-order valence-electron chi connectivity index (χ3n) is 4.70. The zero-order valence-electron chi connectivity index (χ0n) is 17.7. The summed E-state index contributed by atoms with van der Waals surface area (Å²) in [7, 11) is 1.30. The normalized spacial score (nSPS) is 11.9. The van der Waals surface area contributed by atoms with E-state index in [1.54, 1.807) is 36.4 Å². The van der Waals surface area contributed by atoms with Crippen molar-refractivity contribution in [3.05, 3.63) is 48.0 Å². The topological polar surface area (TPSA) is 177 Å². The Morgan fingerprint density at radius 1 is 1.09 bits per heavy atom. The predicted octanol–water partition coefficient (Wildman–Crippen LogP) is -0.499. The molecule has 0 aliphatic carbocycles. The first kappa shape index (κ1) is 22.8. The molecule has 0 radical (unpaired) electrons. The lowest BCUT2D eigenvalue weighted by molar-refractivity contribution is 0.366. The van der Waals surface area contributed by atoms with E-state index in [9.17, 15) is 14.6 Å². The van der Waals surface area contributed by atoms with Gasteiger partial charge in [0, 0.05) is 6.54 Å². The van der Waals surface area contributed by atoms with Crippen LogP contribution in [0.3, 0.4) is 0 Å². The van der Waals surface area contributed by atoms with Crippen molar-refractivity contribution in [1.82, 2.24) is 24.5 Å². The Kier molecular flexibility index (Phi) is 6.62. The fourth-order valence-electron chi connectivity index (χ4n) is 3.21. The lowest BCUT2D eigenvalue weighted by atomic mass is 9.80. The van der Waals surface area contributed by atoms with Crippen LogP contribution in [-0.4, -0.2) is 60.4 Å². The maximum atomic E-state index is 11.9. The molecule has 14 heteroatoms. The highest BCUT2D eigenvalue weighted by Gasteiger charge is 2.23. The van der Waals surface area contributed by atoms with Crippen molar-refractivity contribution in [2.75, 3.05) is 19.5 Å². The molecule has 0 amide bonds. The quantitative estimate of drug-likeness (QED) is 0.193. The van der Waals surface area contributed by atoms with Crippen LogP contribution in [-0.2, 0) is 17.9 Å². The lowest BCUT2D eigenvalue weighted by Gasteiger charge is -2.11. The maximum absolute atomic E-state index is 11.9. The molecule has 0 aliphatic heterocycles. The molecule has 0 saturated carbocycles. The van der Waals surface area contributed by atoms with Crippen molar-refractivity contribution in [2.45, 2.75) is 11.4 Å². The second-order valence-corrected chi connectivity index (χ2v) is 7.81. The minimum absolute atomic E-state index is 0.0458. The standard InChI is InChI=1S/C19H20BN7O5S/c1-31-18-25-16(22-10-11-5-3-6-12(9-11)20(28)29)24-17(26-18)27-13-7-4-8-14(33(21)30)15(13)23-19(27)32-2/h3-9,28-29H,10,21H2,1-2H3,(H,22,24,25,26). The van der Waals surface area contributed by atoms with Gasteiger partial charge in [0.15, 0.2) is 0 Å². The van der Waals surface area contributed by atoms with Crippen LogP contribution in [0.4, 0.5) is 5.95 Å². The van der Waals surface area contributed by atoms with Crippen LogP contribution in [0.15, 0.2) is 47.4 Å². The lowest BCUT2D eigenvalue weighted by Crippen LogP contribution is -2.30. The third kappa shape index (κ3) is 4.69. The summed E-state index contributed by atoms with van der Waals surface area (Å²) in [6.45, 7) is 0.297. The minimum Gasteiger partial charge on any atom is -0.593 e. The summed E-state index contributed by atoms with van der Waals surface area (Å²) in [5.74, 6) is 0.359. The molecule has 33 heavy (non-hydrogen) atoms. The summed E-state index contributed by atoms with van der Waals surface area (Å²) in [5.41, 5.74) is 2.07. The molecule has 2 aromatic heterocycles. The summed E-state index contributed by atoms with van der Waals surface area (Å²) in [5, 5.41) is 27.4. The number of para-hydroxylation sites is 1. The monoisotopic (exact) mass is 469 g/mol. The van der Waals surface area contributed by atoms with Gasteiger partial charge >= 0.3 is 19.1 Å².